The molecule has 1 saturated heterocycles. The lowest BCUT2D eigenvalue weighted by Crippen LogP contribution is -2.39. The molecule has 1 aromatic heterocycles. The van der Waals surface area contributed by atoms with Gasteiger partial charge >= 0.3 is 0 Å². The normalized spacial score (nSPS) is 16.6. The summed E-state index contributed by atoms with van der Waals surface area (Å²) in [5.41, 5.74) is 1.33. The van der Waals surface area contributed by atoms with Crippen molar-refractivity contribution in [2.45, 2.75) is 52.4 Å². The van der Waals surface area contributed by atoms with Gasteiger partial charge in [0.15, 0.2) is 5.96 Å². The monoisotopic (exact) mass is 308 g/mol. The second kappa shape index (κ2) is 7.25. The summed E-state index contributed by atoms with van der Waals surface area (Å²) in [4.78, 5) is 11.9. The van der Waals surface area contributed by atoms with Gasteiger partial charge in [-0.25, -0.2) is 4.98 Å². The van der Waals surface area contributed by atoms with Crippen LogP contribution >= 0.6 is 11.3 Å². The van der Waals surface area contributed by atoms with Crippen LogP contribution in [0.3, 0.4) is 0 Å². The Morgan fingerprint density at radius 3 is 2.67 bits per heavy atom. The van der Waals surface area contributed by atoms with Crippen LogP contribution in [0.4, 0.5) is 0 Å². The molecule has 2 heterocycles. The first-order valence-electron chi connectivity index (χ1n) is 7.99. The van der Waals surface area contributed by atoms with Crippen molar-refractivity contribution in [2.24, 2.45) is 4.99 Å². The molecule has 5 heteroatoms. The fourth-order valence-corrected chi connectivity index (χ4v) is 3.40. The molecule has 21 heavy (non-hydrogen) atoms. The van der Waals surface area contributed by atoms with Crippen LogP contribution in [0.2, 0.25) is 0 Å². The van der Waals surface area contributed by atoms with Gasteiger partial charge < -0.3 is 10.2 Å². The number of thiazole rings is 1. The third-order valence-corrected chi connectivity index (χ3v) is 4.56. The number of nitrogens with one attached hydrogen (secondary N) is 1. The van der Waals surface area contributed by atoms with Crippen molar-refractivity contribution in [3.63, 3.8) is 0 Å². The van der Waals surface area contributed by atoms with Crippen LogP contribution in [0, 0.1) is 0 Å². The largest absolute Gasteiger partial charge is 0.357 e. The van der Waals surface area contributed by atoms with Crippen molar-refractivity contribution in [3.8, 4) is 0 Å². The Hall–Kier alpha value is -1.10. The van der Waals surface area contributed by atoms with Crippen molar-refractivity contribution in [2.75, 3.05) is 26.2 Å². The van der Waals surface area contributed by atoms with Crippen LogP contribution in [0.15, 0.2) is 10.4 Å². The quantitative estimate of drug-likeness (QED) is 0.686. The number of aromatic nitrogens is 1. The van der Waals surface area contributed by atoms with Gasteiger partial charge in [0.1, 0.15) is 0 Å². The molecule has 0 spiro atoms. The minimum atomic E-state index is 0.141. The van der Waals surface area contributed by atoms with E-state index < -0.39 is 0 Å². The molecule has 0 unspecified atom stereocenters. The van der Waals surface area contributed by atoms with Crippen LogP contribution in [-0.4, -0.2) is 42.0 Å². The van der Waals surface area contributed by atoms with E-state index in [0.717, 1.165) is 38.6 Å². The predicted octanol–water partition coefficient (Wildman–Crippen LogP) is 3.04. The molecule has 0 bridgehead atoms. The lowest BCUT2D eigenvalue weighted by molar-refractivity contribution is 0.494. The van der Waals surface area contributed by atoms with Gasteiger partial charge in [0, 0.05) is 43.4 Å². The predicted molar refractivity (Wildman–Crippen MR) is 91.3 cm³/mol. The third kappa shape index (κ3) is 4.70. The third-order valence-electron chi connectivity index (χ3n) is 3.65. The lowest BCUT2D eigenvalue weighted by Gasteiger charge is -2.20. The summed E-state index contributed by atoms with van der Waals surface area (Å²) in [7, 11) is 0. The van der Waals surface area contributed by atoms with Gasteiger partial charge in [-0.1, -0.05) is 20.8 Å². The molecule has 0 amide bonds. The second-order valence-corrected chi connectivity index (χ2v) is 7.50. The van der Waals surface area contributed by atoms with Crippen molar-refractivity contribution in [1.29, 1.82) is 0 Å². The van der Waals surface area contributed by atoms with Gasteiger partial charge in [-0.3, -0.25) is 4.99 Å². The van der Waals surface area contributed by atoms with Crippen molar-refractivity contribution in [3.05, 3.63) is 16.1 Å². The fourth-order valence-electron chi connectivity index (χ4n) is 2.38. The van der Waals surface area contributed by atoms with E-state index in [2.05, 4.69) is 43.3 Å². The van der Waals surface area contributed by atoms with Crippen LogP contribution in [-0.2, 0) is 11.8 Å². The Kier molecular flexibility index (Phi) is 5.62. The van der Waals surface area contributed by atoms with E-state index in [9.17, 15) is 0 Å². The standard InChI is InChI=1S/C16H28N4S/c1-5-17-15(20-10-6-7-11-20)18-9-8-14-19-13(12-21-14)16(2,3)4/h12H,5-11H2,1-4H3,(H,17,18). The van der Waals surface area contributed by atoms with E-state index in [-0.39, 0.29) is 5.41 Å². The number of likely N-dealkylation sites (tertiary alicyclic amines) is 1. The first-order valence-corrected chi connectivity index (χ1v) is 8.87. The summed E-state index contributed by atoms with van der Waals surface area (Å²) in [6, 6.07) is 0. The number of guanidine groups is 1. The van der Waals surface area contributed by atoms with E-state index in [1.165, 1.54) is 23.5 Å². The zero-order valence-corrected chi connectivity index (χ0v) is 14.6. The fraction of sp³-hybridized carbons (Fsp3) is 0.750. The molecule has 2 rings (SSSR count). The number of aliphatic imine (C=N–C) groups is 1. The van der Waals surface area contributed by atoms with E-state index in [0.29, 0.717) is 0 Å². The molecule has 0 aliphatic carbocycles. The van der Waals surface area contributed by atoms with Crippen molar-refractivity contribution in [1.82, 2.24) is 15.2 Å². The minimum absolute atomic E-state index is 0.141. The average Bonchev–Trinajstić information content (AvgIpc) is 3.08. The van der Waals surface area contributed by atoms with Gasteiger partial charge in [0.25, 0.3) is 0 Å². The van der Waals surface area contributed by atoms with Crippen LogP contribution in [0.1, 0.15) is 51.2 Å². The Morgan fingerprint density at radius 1 is 1.38 bits per heavy atom. The first-order chi connectivity index (χ1) is 10.0. The highest BCUT2D eigenvalue weighted by molar-refractivity contribution is 7.09. The topological polar surface area (TPSA) is 40.5 Å². The molecule has 118 valence electrons. The van der Waals surface area contributed by atoms with E-state index in [4.69, 9.17) is 9.98 Å². The van der Waals surface area contributed by atoms with Crippen LogP contribution in [0.25, 0.3) is 0 Å². The number of rotatable bonds is 4. The minimum Gasteiger partial charge on any atom is -0.357 e. The van der Waals surface area contributed by atoms with Crippen LogP contribution < -0.4 is 5.32 Å². The second-order valence-electron chi connectivity index (χ2n) is 6.56. The number of hydrogen-bond acceptors (Lipinski definition) is 3. The maximum Gasteiger partial charge on any atom is 0.193 e. The molecule has 0 aromatic carbocycles. The zero-order chi connectivity index (χ0) is 15.3. The molecule has 1 N–H and O–H groups in total. The average molecular weight is 308 g/mol. The van der Waals surface area contributed by atoms with Gasteiger partial charge in [0.2, 0.25) is 0 Å². The highest BCUT2D eigenvalue weighted by atomic mass is 32.1. The summed E-state index contributed by atoms with van der Waals surface area (Å²) >= 11 is 1.76. The molecule has 1 aliphatic rings. The SMILES string of the molecule is CCNC(=NCCc1nc(C(C)(C)C)cs1)N1CCCC1. The molecule has 0 atom stereocenters. The molecule has 0 radical (unpaired) electrons. The summed E-state index contributed by atoms with van der Waals surface area (Å²) < 4.78 is 0. The first kappa shape index (κ1) is 16.3. The Labute approximate surface area is 132 Å². The summed E-state index contributed by atoms with van der Waals surface area (Å²) in [5.74, 6) is 1.07. The molecule has 1 aliphatic heterocycles. The van der Waals surface area contributed by atoms with E-state index in [1.54, 1.807) is 11.3 Å². The van der Waals surface area contributed by atoms with Gasteiger partial charge in [-0.05, 0) is 19.8 Å². The van der Waals surface area contributed by atoms with E-state index in [1.807, 2.05) is 0 Å². The Balaban J connectivity index is 1.91. The molecule has 0 saturated carbocycles. The van der Waals surface area contributed by atoms with Gasteiger partial charge in [-0.15, -0.1) is 11.3 Å². The summed E-state index contributed by atoms with van der Waals surface area (Å²) in [5, 5.41) is 6.78. The highest BCUT2D eigenvalue weighted by Gasteiger charge is 2.18. The highest BCUT2D eigenvalue weighted by Crippen LogP contribution is 2.24. The zero-order valence-electron chi connectivity index (χ0n) is 13.8. The maximum atomic E-state index is 4.76. The summed E-state index contributed by atoms with van der Waals surface area (Å²) in [6.07, 6.45) is 3.50. The van der Waals surface area contributed by atoms with E-state index >= 15 is 0 Å². The van der Waals surface area contributed by atoms with Crippen molar-refractivity contribution < 1.29 is 0 Å². The lowest BCUT2D eigenvalue weighted by atomic mass is 9.93. The number of hydrogen-bond donors (Lipinski definition) is 1. The molecular weight excluding hydrogens is 280 g/mol. The molecular formula is C16H28N4S. The molecule has 4 nitrogen and oxygen atoms in total. The molecule has 1 fully saturated rings. The smallest absolute Gasteiger partial charge is 0.193 e. The van der Waals surface area contributed by atoms with Crippen molar-refractivity contribution >= 4 is 17.3 Å². The van der Waals surface area contributed by atoms with Gasteiger partial charge in [-0.2, -0.15) is 0 Å². The summed E-state index contributed by atoms with van der Waals surface area (Å²) in [6.45, 7) is 12.8. The molecule has 1 aromatic rings. The van der Waals surface area contributed by atoms with Gasteiger partial charge in [0.05, 0.1) is 10.7 Å². The maximum absolute atomic E-state index is 4.76. The number of nitrogens with zero attached hydrogens (tertiary/aromatic N) is 3. The van der Waals surface area contributed by atoms with Crippen LogP contribution in [0.5, 0.6) is 0 Å². The Bertz CT molecular complexity index is 467. The Morgan fingerprint density at radius 2 is 2.10 bits per heavy atom.